The van der Waals surface area contributed by atoms with E-state index in [1.165, 1.54) is 0 Å². The van der Waals surface area contributed by atoms with E-state index in [0.717, 1.165) is 0 Å². The molecule has 1 atom stereocenters. The summed E-state index contributed by atoms with van der Waals surface area (Å²) in [6, 6.07) is 5.15. The molecule has 2 aromatic rings. The van der Waals surface area contributed by atoms with Crippen molar-refractivity contribution in [2.45, 2.75) is 6.10 Å². The van der Waals surface area contributed by atoms with Crippen molar-refractivity contribution in [2.24, 2.45) is 7.05 Å². The van der Waals surface area contributed by atoms with E-state index < -0.39 is 6.10 Å². The van der Waals surface area contributed by atoms with Crippen molar-refractivity contribution >= 4 is 11.6 Å². The lowest BCUT2D eigenvalue weighted by molar-refractivity contribution is 0.214. The second-order valence-corrected chi connectivity index (χ2v) is 4.17. The van der Waals surface area contributed by atoms with Gasteiger partial charge in [0.1, 0.15) is 11.9 Å². The molecule has 1 N–H and O–H groups in total. The van der Waals surface area contributed by atoms with Crippen molar-refractivity contribution in [3.05, 3.63) is 46.7 Å². The molecule has 90 valence electrons. The van der Waals surface area contributed by atoms with Gasteiger partial charge < -0.3 is 9.84 Å². The molecule has 0 saturated heterocycles. The van der Waals surface area contributed by atoms with E-state index in [9.17, 15) is 5.11 Å². The summed E-state index contributed by atoms with van der Waals surface area (Å²) in [7, 11) is 3.36. The molecule has 0 aliphatic carbocycles. The third kappa shape index (κ3) is 2.43. The zero-order chi connectivity index (χ0) is 12.4. The summed E-state index contributed by atoms with van der Waals surface area (Å²) < 4.78 is 6.84. The molecular weight excluding hydrogens is 240 g/mol. The van der Waals surface area contributed by atoms with Crippen molar-refractivity contribution in [3.63, 3.8) is 0 Å². The Bertz CT molecular complexity index is 525. The Morgan fingerprint density at radius 2 is 2.24 bits per heavy atom. The summed E-state index contributed by atoms with van der Waals surface area (Å²) in [5.41, 5.74) is 1.33. The van der Waals surface area contributed by atoms with Crippen LogP contribution in [0.5, 0.6) is 5.75 Å². The number of ether oxygens (including phenoxy) is 1. The topological polar surface area (TPSA) is 47.3 Å². The normalized spacial score (nSPS) is 12.5. The van der Waals surface area contributed by atoms with E-state index in [-0.39, 0.29) is 0 Å². The highest BCUT2D eigenvalue weighted by molar-refractivity contribution is 6.30. The zero-order valence-electron chi connectivity index (χ0n) is 9.59. The van der Waals surface area contributed by atoms with E-state index in [1.54, 1.807) is 49.4 Å². The minimum Gasteiger partial charge on any atom is -0.496 e. The first-order chi connectivity index (χ1) is 8.11. The van der Waals surface area contributed by atoms with Crippen LogP contribution in [-0.4, -0.2) is 22.0 Å². The molecule has 0 radical (unpaired) electrons. The average molecular weight is 253 g/mol. The van der Waals surface area contributed by atoms with Gasteiger partial charge in [0, 0.05) is 29.4 Å². The number of rotatable bonds is 3. The number of benzene rings is 1. The molecule has 1 unspecified atom stereocenters. The van der Waals surface area contributed by atoms with Crippen LogP contribution in [0.4, 0.5) is 0 Å². The standard InChI is InChI=1S/C12H13ClN2O2/c1-15-7-8(6-14-15)12(16)10-5-9(13)3-4-11(10)17-2/h3-7,12,16H,1-2H3. The quantitative estimate of drug-likeness (QED) is 0.911. The summed E-state index contributed by atoms with van der Waals surface area (Å²) in [4.78, 5) is 0. The lowest BCUT2D eigenvalue weighted by atomic mass is 10.0. The Morgan fingerprint density at radius 3 is 2.82 bits per heavy atom. The van der Waals surface area contributed by atoms with Crippen molar-refractivity contribution < 1.29 is 9.84 Å². The first-order valence-corrected chi connectivity index (χ1v) is 5.49. The number of aliphatic hydroxyl groups is 1. The second-order valence-electron chi connectivity index (χ2n) is 3.74. The highest BCUT2D eigenvalue weighted by Crippen LogP contribution is 2.31. The predicted molar refractivity (Wildman–Crippen MR) is 65.3 cm³/mol. The van der Waals surface area contributed by atoms with Gasteiger partial charge in [-0.1, -0.05) is 11.6 Å². The fourth-order valence-corrected chi connectivity index (χ4v) is 1.86. The van der Waals surface area contributed by atoms with E-state index >= 15 is 0 Å². The van der Waals surface area contributed by atoms with Crippen LogP contribution in [0.15, 0.2) is 30.6 Å². The van der Waals surface area contributed by atoms with Gasteiger partial charge in [-0.05, 0) is 18.2 Å². The maximum absolute atomic E-state index is 10.2. The number of hydrogen-bond acceptors (Lipinski definition) is 3. The number of aliphatic hydroxyl groups excluding tert-OH is 1. The summed E-state index contributed by atoms with van der Waals surface area (Å²) in [5, 5.41) is 14.8. The molecule has 4 nitrogen and oxygen atoms in total. The van der Waals surface area contributed by atoms with Crippen LogP contribution < -0.4 is 4.74 Å². The van der Waals surface area contributed by atoms with Gasteiger partial charge in [-0.25, -0.2) is 0 Å². The minimum atomic E-state index is -0.794. The summed E-state index contributed by atoms with van der Waals surface area (Å²) >= 11 is 5.92. The Morgan fingerprint density at radius 1 is 1.47 bits per heavy atom. The lowest BCUT2D eigenvalue weighted by Crippen LogP contribution is -2.01. The maximum Gasteiger partial charge on any atom is 0.125 e. The fraction of sp³-hybridized carbons (Fsp3) is 0.250. The van der Waals surface area contributed by atoms with Gasteiger partial charge >= 0.3 is 0 Å². The van der Waals surface area contributed by atoms with Gasteiger partial charge in [0.05, 0.1) is 13.3 Å². The Hall–Kier alpha value is -1.52. The third-order valence-electron chi connectivity index (χ3n) is 2.53. The summed E-state index contributed by atoms with van der Waals surface area (Å²) in [6.45, 7) is 0. The highest BCUT2D eigenvalue weighted by atomic mass is 35.5. The smallest absolute Gasteiger partial charge is 0.125 e. The van der Waals surface area contributed by atoms with Gasteiger partial charge in [0.25, 0.3) is 0 Å². The van der Waals surface area contributed by atoms with E-state index in [1.807, 2.05) is 0 Å². The number of aromatic nitrogens is 2. The van der Waals surface area contributed by atoms with Gasteiger partial charge in [-0.3, -0.25) is 4.68 Å². The predicted octanol–water partition coefficient (Wildman–Crippen LogP) is 2.16. The van der Waals surface area contributed by atoms with Crippen LogP contribution in [0.2, 0.25) is 5.02 Å². The molecule has 17 heavy (non-hydrogen) atoms. The third-order valence-corrected chi connectivity index (χ3v) is 2.76. The highest BCUT2D eigenvalue weighted by Gasteiger charge is 2.17. The molecule has 2 rings (SSSR count). The van der Waals surface area contributed by atoms with Crippen LogP contribution in [0, 0.1) is 0 Å². The average Bonchev–Trinajstić information content (AvgIpc) is 2.75. The molecule has 0 aliphatic rings. The van der Waals surface area contributed by atoms with Crippen molar-refractivity contribution in [3.8, 4) is 5.75 Å². The summed E-state index contributed by atoms with van der Waals surface area (Å²) in [5.74, 6) is 0.603. The van der Waals surface area contributed by atoms with Crippen molar-refractivity contribution in [1.82, 2.24) is 9.78 Å². The molecule has 5 heteroatoms. The first kappa shape index (κ1) is 12.0. The molecule has 1 aromatic heterocycles. The molecule has 0 bridgehead atoms. The number of methoxy groups -OCH3 is 1. The Kier molecular flexibility index (Phi) is 3.36. The molecule has 0 amide bonds. The van der Waals surface area contributed by atoms with Crippen LogP contribution in [0.3, 0.4) is 0 Å². The lowest BCUT2D eigenvalue weighted by Gasteiger charge is -2.13. The van der Waals surface area contributed by atoms with Crippen LogP contribution in [0.1, 0.15) is 17.2 Å². The molecule has 0 fully saturated rings. The van der Waals surface area contributed by atoms with Crippen molar-refractivity contribution in [1.29, 1.82) is 0 Å². The maximum atomic E-state index is 10.2. The van der Waals surface area contributed by atoms with Crippen molar-refractivity contribution in [2.75, 3.05) is 7.11 Å². The molecule has 1 heterocycles. The minimum absolute atomic E-state index is 0.559. The number of halogens is 1. The monoisotopic (exact) mass is 252 g/mol. The van der Waals surface area contributed by atoms with Crippen LogP contribution >= 0.6 is 11.6 Å². The number of aryl methyl sites for hydroxylation is 1. The van der Waals surface area contributed by atoms with E-state index in [0.29, 0.717) is 21.9 Å². The van der Waals surface area contributed by atoms with Crippen LogP contribution in [-0.2, 0) is 7.05 Å². The van der Waals surface area contributed by atoms with E-state index in [4.69, 9.17) is 16.3 Å². The van der Waals surface area contributed by atoms with Gasteiger partial charge in [-0.2, -0.15) is 5.10 Å². The molecule has 0 aliphatic heterocycles. The fourth-order valence-electron chi connectivity index (χ4n) is 1.68. The molecular formula is C12H13ClN2O2. The Balaban J connectivity index is 2.42. The zero-order valence-corrected chi connectivity index (χ0v) is 10.3. The largest absolute Gasteiger partial charge is 0.496 e. The van der Waals surface area contributed by atoms with E-state index in [2.05, 4.69) is 5.10 Å². The number of nitrogens with zero attached hydrogens (tertiary/aromatic N) is 2. The second kappa shape index (κ2) is 4.77. The van der Waals surface area contributed by atoms with Gasteiger partial charge in [-0.15, -0.1) is 0 Å². The first-order valence-electron chi connectivity index (χ1n) is 5.12. The van der Waals surface area contributed by atoms with Crippen LogP contribution in [0.25, 0.3) is 0 Å². The van der Waals surface area contributed by atoms with Gasteiger partial charge in [0.15, 0.2) is 0 Å². The molecule has 0 saturated carbocycles. The molecule has 0 spiro atoms. The summed E-state index contributed by atoms with van der Waals surface area (Å²) in [6.07, 6.45) is 2.58. The van der Waals surface area contributed by atoms with Gasteiger partial charge in [0.2, 0.25) is 0 Å². The Labute approximate surface area is 104 Å². The SMILES string of the molecule is COc1ccc(Cl)cc1C(O)c1cnn(C)c1. The molecule has 1 aromatic carbocycles. The number of hydrogen-bond donors (Lipinski definition) is 1.